The molecule has 1 heterocycles. The molecule has 3 rings (SSSR count). The quantitative estimate of drug-likeness (QED) is 0.753. The first-order chi connectivity index (χ1) is 14.4. The Morgan fingerprint density at radius 3 is 2.43 bits per heavy atom. The van der Waals surface area contributed by atoms with Crippen molar-refractivity contribution in [3.8, 4) is 0 Å². The van der Waals surface area contributed by atoms with Crippen molar-refractivity contribution in [2.75, 3.05) is 20.2 Å². The lowest BCUT2D eigenvalue weighted by atomic mass is 9.90. The van der Waals surface area contributed by atoms with Gasteiger partial charge in [-0.05, 0) is 41.7 Å². The van der Waals surface area contributed by atoms with E-state index in [0.717, 1.165) is 16.7 Å². The summed E-state index contributed by atoms with van der Waals surface area (Å²) in [5.41, 5.74) is 3.05. The molecule has 1 amide bonds. The van der Waals surface area contributed by atoms with Gasteiger partial charge < -0.3 is 19.5 Å². The number of carboxylic acids is 1. The summed E-state index contributed by atoms with van der Waals surface area (Å²) in [5.74, 6) is -1.87. The predicted molar refractivity (Wildman–Crippen MR) is 110 cm³/mol. The van der Waals surface area contributed by atoms with Crippen LogP contribution in [0.3, 0.4) is 0 Å². The summed E-state index contributed by atoms with van der Waals surface area (Å²) in [6, 6.07) is 12.7. The van der Waals surface area contributed by atoms with E-state index in [9.17, 15) is 19.5 Å². The molecule has 0 fully saturated rings. The van der Waals surface area contributed by atoms with Crippen LogP contribution in [0.5, 0.6) is 0 Å². The summed E-state index contributed by atoms with van der Waals surface area (Å²) in [6.45, 7) is 2.71. The van der Waals surface area contributed by atoms with Crippen molar-refractivity contribution in [2.45, 2.75) is 20.0 Å². The Labute approximate surface area is 174 Å². The molecule has 1 aliphatic heterocycles. The van der Waals surface area contributed by atoms with Crippen molar-refractivity contribution in [1.82, 2.24) is 4.90 Å². The Kier molecular flexibility index (Phi) is 6.51. The number of carboxylic acid groups (broad SMARTS) is 1. The monoisotopic (exact) mass is 409 g/mol. The highest BCUT2D eigenvalue weighted by atomic mass is 16.6. The zero-order valence-corrected chi connectivity index (χ0v) is 16.9. The third-order valence-electron chi connectivity index (χ3n) is 5.10. The number of benzene rings is 2. The standard InChI is InChI=1S/C23H23NO6/c1-15-18(8-9-19(22(27)29-2)20(15)21(25)26)17-10-12-24(13-11-17)23(28)30-14-16-6-4-3-5-7-16/h3-10H,11-14H2,1-2H3,(H,25,26). The Morgan fingerprint density at radius 1 is 1.10 bits per heavy atom. The zero-order chi connectivity index (χ0) is 21.7. The molecule has 1 aliphatic rings. The van der Waals surface area contributed by atoms with Crippen LogP contribution in [0.4, 0.5) is 4.79 Å². The highest BCUT2D eigenvalue weighted by Gasteiger charge is 2.25. The Bertz CT molecular complexity index is 996. The summed E-state index contributed by atoms with van der Waals surface area (Å²) in [7, 11) is 1.21. The fourth-order valence-corrected chi connectivity index (χ4v) is 3.51. The third kappa shape index (κ3) is 4.51. The second-order valence-corrected chi connectivity index (χ2v) is 6.92. The van der Waals surface area contributed by atoms with Gasteiger partial charge in [-0.25, -0.2) is 14.4 Å². The molecule has 1 N–H and O–H groups in total. The molecule has 156 valence electrons. The van der Waals surface area contributed by atoms with Gasteiger partial charge in [0.25, 0.3) is 0 Å². The van der Waals surface area contributed by atoms with Crippen LogP contribution in [0, 0.1) is 6.92 Å². The topological polar surface area (TPSA) is 93.1 Å². The lowest BCUT2D eigenvalue weighted by Crippen LogP contribution is -2.35. The summed E-state index contributed by atoms with van der Waals surface area (Å²) < 4.78 is 10.1. The van der Waals surface area contributed by atoms with E-state index in [0.29, 0.717) is 25.1 Å². The van der Waals surface area contributed by atoms with E-state index in [1.54, 1.807) is 17.9 Å². The molecule has 2 aromatic carbocycles. The number of rotatable bonds is 5. The van der Waals surface area contributed by atoms with Crippen LogP contribution in [0.2, 0.25) is 0 Å². The maximum atomic E-state index is 12.3. The van der Waals surface area contributed by atoms with E-state index >= 15 is 0 Å². The largest absolute Gasteiger partial charge is 0.478 e. The third-order valence-corrected chi connectivity index (χ3v) is 5.10. The number of hydrogen-bond acceptors (Lipinski definition) is 5. The van der Waals surface area contributed by atoms with E-state index < -0.39 is 18.0 Å². The Hall–Kier alpha value is -3.61. The summed E-state index contributed by atoms with van der Waals surface area (Å²) in [4.78, 5) is 37.6. The van der Waals surface area contributed by atoms with Crippen LogP contribution in [0.1, 0.15) is 43.8 Å². The first kappa shape index (κ1) is 21.1. The number of nitrogens with zero attached hydrogens (tertiary/aromatic N) is 1. The van der Waals surface area contributed by atoms with Crippen LogP contribution in [-0.4, -0.2) is 48.2 Å². The first-order valence-electron chi connectivity index (χ1n) is 9.52. The fraction of sp³-hybridized carbons (Fsp3) is 0.261. The van der Waals surface area contributed by atoms with E-state index in [1.165, 1.54) is 13.2 Å². The van der Waals surface area contributed by atoms with Crippen molar-refractivity contribution in [3.05, 3.63) is 76.4 Å². The summed E-state index contributed by atoms with van der Waals surface area (Å²) in [6.07, 6.45) is 2.05. The van der Waals surface area contributed by atoms with Crippen molar-refractivity contribution >= 4 is 23.6 Å². The molecule has 30 heavy (non-hydrogen) atoms. The molecule has 0 unspecified atom stereocenters. The zero-order valence-electron chi connectivity index (χ0n) is 16.9. The van der Waals surface area contributed by atoms with Crippen LogP contribution in [-0.2, 0) is 16.1 Å². The first-order valence-corrected chi connectivity index (χ1v) is 9.52. The summed E-state index contributed by atoms with van der Waals surface area (Å²) >= 11 is 0. The molecule has 7 heteroatoms. The maximum absolute atomic E-state index is 12.3. The number of ether oxygens (including phenoxy) is 2. The predicted octanol–water partition coefficient (Wildman–Crippen LogP) is 3.91. The lowest BCUT2D eigenvalue weighted by Gasteiger charge is -2.27. The van der Waals surface area contributed by atoms with E-state index in [2.05, 4.69) is 4.74 Å². The Balaban J connectivity index is 1.73. The molecule has 0 saturated heterocycles. The van der Waals surface area contributed by atoms with Gasteiger partial charge in [0.2, 0.25) is 0 Å². The molecule has 0 atom stereocenters. The van der Waals surface area contributed by atoms with Crippen molar-refractivity contribution in [2.24, 2.45) is 0 Å². The second-order valence-electron chi connectivity index (χ2n) is 6.92. The smallest absolute Gasteiger partial charge is 0.410 e. The number of carbonyl (C=O) groups is 3. The summed E-state index contributed by atoms with van der Waals surface area (Å²) in [5, 5.41) is 9.58. The molecule has 0 radical (unpaired) electrons. The van der Waals surface area contributed by atoms with E-state index in [-0.39, 0.29) is 17.7 Å². The molecule has 2 aromatic rings. The lowest BCUT2D eigenvalue weighted by molar-refractivity contribution is 0.0582. The molecule has 0 aliphatic carbocycles. The van der Waals surface area contributed by atoms with Gasteiger partial charge in [0, 0.05) is 13.1 Å². The van der Waals surface area contributed by atoms with E-state index in [4.69, 9.17) is 4.74 Å². The number of esters is 1. The van der Waals surface area contributed by atoms with Crippen LogP contribution in [0.15, 0.2) is 48.5 Å². The van der Waals surface area contributed by atoms with Gasteiger partial charge in [0.1, 0.15) is 6.61 Å². The van der Waals surface area contributed by atoms with Gasteiger partial charge in [0.15, 0.2) is 0 Å². The number of methoxy groups -OCH3 is 1. The average Bonchev–Trinajstić information content (AvgIpc) is 2.77. The SMILES string of the molecule is COC(=O)c1ccc(C2=CCN(C(=O)OCc3ccccc3)CC2)c(C)c1C(=O)O. The average molecular weight is 409 g/mol. The number of aromatic carboxylic acids is 1. The van der Waals surface area contributed by atoms with Gasteiger partial charge in [-0.2, -0.15) is 0 Å². The van der Waals surface area contributed by atoms with Crippen molar-refractivity contribution < 1.29 is 29.0 Å². The van der Waals surface area contributed by atoms with Crippen molar-refractivity contribution in [3.63, 3.8) is 0 Å². The second kappa shape index (κ2) is 9.26. The molecule has 0 aromatic heterocycles. The molecular formula is C23H23NO6. The molecule has 0 spiro atoms. The van der Waals surface area contributed by atoms with Gasteiger partial charge in [-0.3, -0.25) is 0 Å². The highest BCUT2D eigenvalue weighted by molar-refractivity contribution is 6.04. The molecule has 7 nitrogen and oxygen atoms in total. The molecular weight excluding hydrogens is 386 g/mol. The van der Waals surface area contributed by atoms with Crippen molar-refractivity contribution in [1.29, 1.82) is 0 Å². The normalized spacial score (nSPS) is 13.4. The highest BCUT2D eigenvalue weighted by Crippen LogP contribution is 2.29. The minimum absolute atomic E-state index is 0.0220. The number of hydrogen-bond donors (Lipinski definition) is 1. The number of carbonyl (C=O) groups excluding carboxylic acids is 2. The van der Waals surface area contributed by atoms with Crippen LogP contribution in [0.25, 0.3) is 5.57 Å². The minimum Gasteiger partial charge on any atom is -0.478 e. The van der Waals surface area contributed by atoms with Gasteiger partial charge in [-0.15, -0.1) is 0 Å². The molecule has 0 bridgehead atoms. The maximum Gasteiger partial charge on any atom is 0.410 e. The Morgan fingerprint density at radius 2 is 1.83 bits per heavy atom. The van der Waals surface area contributed by atoms with Crippen LogP contribution < -0.4 is 0 Å². The van der Waals surface area contributed by atoms with Gasteiger partial charge >= 0.3 is 18.0 Å². The van der Waals surface area contributed by atoms with Crippen LogP contribution >= 0.6 is 0 Å². The minimum atomic E-state index is -1.18. The van der Waals surface area contributed by atoms with Gasteiger partial charge in [0.05, 0.1) is 18.2 Å². The fourth-order valence-electron chi connectivity index (χ4n) is 3.51. The van der Waals surface area contributed by atoms with Gasteiger partial charge in [-0.1, -0.05) is 42.5 Å². The van der Waals surface area contributed by atoms with E-state index in [1.807, 2.05) is 36.4 Å². The number of amides is 1. The molecule has 0 saturated carbocycles.